The van der Waals surface area contributed by atoms with Crippen LogP contribution in [0, 0.1) is 5.92 Å². The van der Waals surface area contributed by atoms with Gasteiger partial charge in [0.05, 0.1) is 24.9 Å². The Hall–Kier alpha value is -3.34. The first-order valence-electron chi connectivity index (χ1n) is 11.4. The maximum atomic E-state index is 12.5. The van der Waals surface area contributed by atoms with E-state index in [0.29, 0.717) is 35.8 Å². The van der Waals surface area contributed by atoms with Crippen LogP contribution in [0.1, 0.15) is 66.6 Å². The molecule has 174 valence electrons. The Labute approximate surface area is 195 Å². The minimum atomic E-state index is -0.437. The first kappa shape index (κ1) is 24.3. The molecule has 0 aliphatic heterocycles. The summed E-state index contributed by atoms with van der Waals surface area (Å²) in [6, 6.07) is 12.0. The Morgan fingerprint density at radius 3 is 2.58 bits per heavy atom. The van der Waals surface area contributed by atoms with Crippen molar-refractivity contribution in [3.8, 4) is 5.75 Å². The fraction of sp³-hybridized carbons (Fsp3) is 0.357. The van der Waals surface area contributed by atoms with E-state index >= 15 is 0 Å². The van der Waals surface area contributed by atoms with Gasteiger partial charge >= 0.3 is 5.97 Å². The number of fused-ring (bicyclic) bond motifs is 1. The monoisotopic (exact) mass is 448 g/mol. The van der Waals surface area contributed by atoms with E-state index < -0.39 is 5.92 Å². The lowest BCUT2D eigenvalue weighted by molar-refractivity contribution is -0.142. The summed E-state index contributed by atoms with van der Waals surface area (Å²) in [6.07, 6.45) is 8.46. The SMILES string of the molecule is CCCC(C(=O)OC)c1coc2c(C=O)c(OC/C=C/c3ccccc3)c(CC(C)C)cc12. The van der Waals surface area contributed by atoms with Crippen molar-refractivity contribution in [1.82, 2.24) is 0 Å². The lowest BCUT2D eigenvalue weighted by Crippen LogP contribution is -2.14. The molecule has 0 saturated carbocycles. The molecule has 1 heterocycles. The minimum absolute atomic E-state index is 0.302. The Kier molecular flexibility index (Phi) is 8.47. The van der Waals surface area contributed by atoms with Gasteiger partial charge in [-0.1, -0.05) is 63.6 Å². The van der Waals surface area contributed by atoms with E-state index in [1.54, 1.807) is 6.26 Å². The molecule has 3 aromatic rings. The maximum Gasteiger partial charge on any atom is 0.313 e. The molecular formula is C28H32O5. The largest absolute Gasteiger partial charge is 0.488 e. The van der Waals surface area contributed by atoms with E-state index in [2.05, 4.69) is 13.8 Å². The normalized spacial score (nSPS) is 12.4. The number of benzene rings is 2. The Morgan fingerprint density at radius 1 is 1.18 bits per heavy atom. The quantitative estimate of drug-likeness (QED) is 0.244. The molecule has 0 bridgehead atoms. The van der Waals surface area contributed by atoms with Crippen LogP contribution < -0.4 is 4.74 Å². The number of hydrogen-bond donors (Lipinski definition) is 0. The minimum Gasteiger partial charge on any atom is -0.488 e. The summed E-state index contributed by atoms with van der Waals surface area (Å²) in [7, 11) is 1.39. The van der Waals surface area contributed by atoms with E-state index in [-0.39, 0.29) is 5.97 Å². The van der Waals surface area contributed by atoms with Crippen molar-refractivity contribution in [2.24, 2.45) is 5.92 Å². The number of carbonyl (C=O) groups excluding carboxylic acids is 2. The molecule has 5 nitrogen and oxygen atoms in total. The highest BCUT2D eigenvalue weighted by atomic mass is 16.5. The second-order valence-corrected chi connectivity index (χ2v) is 8.55. The number of aldehydes is 1. The van der Waals surface area contributed by atoms with Gasteiger partial charge in [-0.05, 0) is 42.0 Å². The molecule has 0 aliphatic carbocycles. The molecule has 0 spiro atoms. The standard InChI is InChI=1S/C28H32O5/c1-5-10-22(28(30)31-4)25-18-33-27-23(25)16-21(15-19(2)3)26(24(27)17-29)32-14-9-13-20-11-7-6-8-12-20/h6-9,11-13,16-19,22H,5,10,14-15H2,1-4H3/b13-9+. The summed E-state index contributed by atoms with van der Waals surface area (Å²) in [6.45, 7) is 6.58. The highest BCUT2D eigenvalue weighted by Gasteiger charge is 2.27. The van der Waals surface area contributed by atoms with Gasteiger partial charge in [-0.3, -0.25) is 9.59 Å². The van der Waals surface area contributed by atoms with Crippen LogP contribution in [0.25, 0.3) is 17.0 Å². The van der Waals surface area contributed by atoms with Gasteiger partial charge in [0.2, 0.25) is 0 Å². The van der Waals surface area contributed by atoms with E-state index in [4.69, 9.17) is 13.9 Å². The van der Waals surface area contributed by atoms with Gasteiger partial charge in [0.15, 0.2) is 6.29 Å². The number of rotatable bonds is 11. The molecule has 3 rings (SSSR count). The molecule has 0 amide bonds. The van der Waals surface area contributed by atoms with Crippen LogP contribution in [-0.4, -0.2) is 26.0 Å². The van der Waals surface area contributed by atoms with Crippen LogP contribution in [0.15, 0.2) is 53.2 Å². The predicted molar refractivity (Wildman–Crippen MR) is 131 cm³/mol. The van der Waals surface area contributed by atoms with Crippen LogP contribution in [0.2, 0.25) is 0 Å². The lowest BCUT2D eigenvalue weighted by Gasteiger charge is -2.16. The van der Waals surface area contributed by atoms with Crippen LogP contribution >= 0.6 is 0 Å². The van der Waals surface area contributed by atoms with E-state index in [0.717, 1.165) is 41.2 Å². The summed E-state index contributed by atoms with van der Waals surface area (Å²) < 4.78 is 17.0. The molecule has 1 aromatic heterocycles. The summed E-state index contributed by atoms with van der Waals surface area (Å²) in [5.74, 6) is 0.152. The molecule has 5 heteroatoms. The number of furan rings is 1. The molecule has 0 saturated heterocycles. The molecular weight excluding hydrogens is 416 g/mol. The van der Waals surface area contributed by atoms with E-state index in [1.807, 2.05) is 55.5 Å². The molecule has 0 radical (unpaired) electrons. The van der Waals surface area contributed by atoms with Gasteiger partial charge in [-0.2, -0.15) is 0 Å². The maximum absolute atomic E-state index is 12.5. The molecule has 0 aliphatic rings. The summed E-state index contributed by atoms with van der Waals surface area (Å²) in [5.41, 5.74) is 3.58. The van der Waals surface area contributed by atoms with Crippen molar-refractivity contribution < 1.29 is 23.5 Å². The predicted octanol–water partition coefficient (Wildman–Crippen LogP) is 6.59. The summed E-state index contributed by atoms with van der Waals surface area (Å²) in [5, 5.41) is 0.767. The number of hydrogen-bond acceptors (Lipinski definition) is 5. The van der Waals surface area contributed by atoms with E-state index in [9.17, 15) is 9.59 Å². The average Bonchev–Trinajstić information content (AvgIpc) is 3.23. The highest BCUT2D eigenvalue weighted by Crippen LogP contribution is 2.39. The van der Waals surface area contributed by atoms with Crippen molar-refractivity contribution in [2.45, 2.75) is 46.0 Å². The molecule has 1 atom stereocenters. The molecule has 1 unspecified atom stereocenters. The van der Waals surface area contributed by atoms with Gasteiger partial charge in [0, 0.05) is 10.9 Å². The van der Waals surface area contributed by atoms with Gasteiger partial charge in [0.25, 0.3) is 0 Å². The number of ether oxygens (including phenoxy) is 2. The molecule has 33 heavy (non-hydrogen) atoms. The topological polar surface area (TPSA) is 65.7 Å². The zero-order valence-electron chi connectivity index (χ0n) is 19.8. The second-order valence-electron chi connectivity index (χ2n) is 8.55. The first-order valence-corrected chi connectivity index (χ1v) is 11.4. The number of carbonyl (C=O) groups is 2. The Balaban J connectivity index is 2.02. The highest BCUT2D eigenvalue weighted by molar-refractivity contribution is 6.01. The van der Waals surface area contributed by atoms with Gasteiger partial charge in [-0.25, -0.2) is 0 Å². The molecule has 2 aromatic carbocycles. The van der Waals surface area contributed by atoms with Crippen molar-refractivity contribution in [3.05, 3.63) is 71.0 Å². The zero-order chi connectivity index (χ0) is 23.8. The third-order valence-corrected chi connectivity index (χ3v) is 5.58. The molecule has 0 fully saturated rings. The summed E-state index contributed by atoms with van der Waals surface area (Å²) >= 11 is 0. The Bertz CT molecular complexity index is 1110. The van der Waals surface area contributed by atoms with Crippen molar-refractivity contribution in [3.63, 3.8) is 0 Å². The van der Waals surface area contributed by atoms with Crippen LogP contribution in [-0.2, 0) is 16.0 Å². The second kappa shape index (κ2) is 11.5. The molecule has 0 N–H and O–H groups in total. The van der Waals surface area contributed by atoms with Crippen LogP contribution in [0.3, 0.4) is 0 Å². The van der Waals surface area contributed by atoms with Crippen LogP contribution in [0.5, 0.6) is 5.75 Å². The number of esters is 1. The Morgan fingerprint density at radius 2 is 1.94 bits per heavy atom. The first-order chi connectivity index (χ1) is 16.0. The smallest absolute Gasteiger partial charge is 0.313 e. The van der Waals surface area contributed by atoms with Crippen LogP contribution in [0.4, 0.5) is 0 Å². The third kappa shape index (κ3) is 5.72. The fourth-order valence-electron chi connectivity index (χ4n) is 4.10. The van der Waals surface area contributed by atoms with Gasteiger partial charge in [0.1, 0.15) is 17.9 Å². The lowest BCUT2D eigenvalue weighted by atomic mass is 9.91. The van der Waals surface area contributed by atoms with E-state index in [1.165, 1.54) is 7.11 Å². The fourth-order valence-corrected chi connectivity index (χ4v) is 4.10. The van der Waals surface area contributed by atoms with Crippen molar-refractivity contribution >= 4 is 29.3 Å². The average molecular weight is 449 g/mol. The zero-order valence-corrected chi connectivity index (χ0v) is 19.8. The van der Waals surface area contributed by atoms with Gasteiger partial charge in [-0.15, -0.1) is 0 Å². The van der Waals surface area contributed by atoms with Crippen molar-refractivity contribution in [1.29, 1.82) is 0 Å². The number of methoxy groups -OCH3 is 1. The van der Waals surface area contributed by atoms with Gasteiger partial charge < -0.3 is 13.9 Å². The summed E-state index contributed by atoms with van der Waals surface area (Å²) in [4.78, 5) is 24.6. The van der Waals surface area contributed by atoms with Crippen molar-refractivity contribution in [2.75, 3.05) is 13.7 Å². The third-order valence-electron chi connectivity index (χ3n) is 5.58.